The minimum atomic E-state index is 0.194. The van der Waals surface area contributed by atoms with Gasteiger partial charge in [-0.1, -0.05) is 18.2 Å². The number of benzene rings is 1. The Kier molecular flexibility index (Phi) is 3.62. The van der Waals surface area contributed by atoms with Gasteiger partial charge in [-0.25, -0.2) is 4.98 Å². The van der Waals surface area contributed by atoms with Gasteiger partial charge in [-0.3, -0.25) is 4.90 Å². The van der Waals surface area contributed by atoms with Gasteiger partial charge in [-0.15, -0.1) is 0 Å². The Morgan fingerprint density at radius 2 is 2.05 bits per heavy atom. The van der Waals surface area contributed by atoms with E-state index in [4.69, 9.17) is 9.52 Å². The van der Waals surface area contributed by atoms with E-state index >= 15 is 0 Å². The molecule has 1 saturated carbocycles. The van der Waals surface area contributed by atoms with Crippen LogP contribution in [0, 0.1) is 0 Å². The molecule has 100 valence electrons. The normalized spacial score (nSPS) is 15.1. The standard InChI is InChI=1S/C15H18N2O2/c18-9-8-17(14-6-7-14)10-13-11-19-15(16-13)12-4-2-1-3-5-12/h1-5,11,14,18H,6-10H2. The van der Waals surface area contributed by atoms with Crippen LogP contribution >= 0.6 is 0 Å². The van der Waals surface area contributed by atoms with Crippen LogP contribution in [0.2, 0.25) is 0 Å². The Morgan fingerprint density at radius 1 is 1.26 bits per heavy atom. The fourth-order valence-electron chi connectivity index (χ4n) is 2.26. The quantitative estimate of drug-likeness (QED) is 0.863. The van der Waals surface area contributed by atoms with Gasteiger partial charge in [-0.05, 0) is 25.0 Å². The van der Waals surface area contributed by atoms with Crippen LogP contribution in [0.3, 0.4) is 0 Å². The molecule has 19 heavy (non-hydrogen) atoms. The Bertz CT molecular complexity index is 520. The fraction of sp³-hybridized carbons (Fsp3) is 0.400. The SMILES string of the molecule is OCCN(Cc1coc(-c2ccccc2)n1)C1CC1. The maximum Gasteiger partial charge on any atom is 0.226 e. The molecule has 0 unspecified atom stereocenters. The molecular formula is C15H18N2O2. The molecule has 4 nitrogen and oxygen atoms in total. The zero-order valence-corrected chi connectivity index (χ0v) is 10.8. The van der Waals surface area contributed by atoms with E-state index in [1.54, 1.807) is 6.26 Å². The number of rotatable bonds is 6. The molecule has 1 fully saturated rings. The molecule has 0 amide bonds. The van der Waals surface area contributed by atoms with Gasteiger partial charge in [0.15, 0.2) is 0 Å². The molecule has 1 aliphatic rings. The summed E-state index contributed by atoms with van der Waals surface area (Å²) in [7, 11) is 0. The van der Waals surface area contributed by atoms with Crippen molar-refractivity contribution in [2.75, 3.05) is 13.2 Å². The first kappa shape index (κ1) is 12.4. The van der Waals surface area contributed by atoms with Crippen LogP contribution < -0.4 is 0 Å². The largest absolute Gasteiger partial charge is 0.444 e. The third-order valence-electron chi connectivity index (χ3n) is 3.39. The highest BCUT2D eigenvalue weighted by Crippen LogP contribution is 2.28. The summed E-state index contributed by atoms with van der Waals surface area (Å²) in [4.78, 5) is 6.79. The minimum Gasteiger partial charge on any atom is -0.444 e. The summed E-state index contributed by atoms with van der Waals surface area (Å²) in [6.07, 6.45) is 4.17. The molecule has 1 heterocycles. The summed E-state index contributed by atoms with van der Waals surface area (Å²) in [5.41, 5.74) is 1.92. The summed E-state index contributed by atoms with van der Waals surface area (Å²) in [6, 6.07) is 10.5. The first-order valence-corrected chi connectivity index (χ1v) is 6.71. The Hall–Kier alpha value is -1.65. The Balaban J connectivity index is 1.70. The van der Waals surface area contributed by atoms with Gasteiger partial charge in [0.1, 0.15) is 6.26 Å². The fourth-order valence-corrected chi connectivity index (χ4v) is 2.26. The van der Waals surface area contributed by atoms with Crippen LogP contribution in [-0.4, -0.2) is 34.2 Å². The van der Waals surface area contributed by atoms with E-state index < -0.39 is 0 Å². The number of aliphatic hydroxyl groups excluding tert-OH is 1. The summed E-state index contributed by atoms with van der Waals surface area (Å²) in [5, 5.41) is 9.09. The van der Waals surface area contributed by atoms with Gasteiger partial charge in [-0.2, -0.15) is 0 Å². The molecule has 0 bridgehead atoms. The molecule has 0 saturated heterocycles. The summed E-state index contributed by atoms with van der Waals surface area (Å²) >= 11 is 0. The van der Waals surface area contributed by atoms with Gasteiger partial charge >= 0.3 is 0 Å². The van der Waals surface area contributed by atoms with E-state index in [0.717, 1.165) is 17.8 Å². The zero-order chi connectivity index (χ0) is 13.1. The number of aromatic nitrogens is 1. The lowest BCUT2D eigenvalue weighted by molar-refractivity contribution is 0.182. The van der Waals surface area contributed by atoms with E-state index in [2.05, 4.69) is 9.88 Å². The average molecular weight is 258 g/mol. The Labute approximate surface area is 112 Å². The van der Waals surface area contributed by atoms with Gasteiger partial charge in [0.25, 0.3) is 0 Å². The van der Waals surface area contributed by atoms with Crippen molar-refractivity contribution in [1.29, 1.82) is 0 Å². The molecule has 0 radical (unpaired) electrons. The van der Waals surface area contributed by atoms with Crippen LogP contribution in [0.1, 0.15) is 18.5 Å². The molecule has 3 rings (SSSR count). The summed E-state index contributed by atoms with van der Waals surface area (Å²) in [6.45, 7) is 1.65. The molecule has 0 aliphatic heterocycles. The van der Waals surface area contributed by atoms with E-state index in [9.17, 15) is 0 Å². The van der Waals surface area contributed by atoms with E-state index in [-0.39, 0.29) is 6.61 Å². The van der Waals surface area contributed by atoms with Crippen molar-refractivity contribution in [3.63, 3.8) is 0 Å². The minimum absolute atomic E-state index is 0.194. The lowest BCUT2D eigenvalue weighted by Crippen LogP contribution is -2.28. The van der Waals surface area contributed by atoms with Gasteiger partial charge in [0.05, 0.1) is 12.3 Å². The molecule has 4 heteroatoms. The monoisotopic (exact) mass is 258 g/mol. The van der Waals surface area contributed by atoms with Crippen molar-refractivity contribution < 1.29 is 9.52 Å². The van der Waals surface area contributed by atoms with Crippen LogP contribution in [0.4, 0.5) is 0 Å². The van der Waals surface area contributed by atoms with Gasteiger partial charge in [0, 0.05) is 24.7 Å². The molecule has 0 atom stereocenters. The van der Waals surface area contributed by atoms with Crippen molar-refractivity contribution in [2.45, 2.75) is 25.4 Å². The van der Waals surface area contributed by atoms with E-state index in [1.165, 1.54) is 12.8 Å². The number of nitrogens with zero attached hydrogens (tertiary/aromatic N) is 2. The molecule has 1 aliphatic carbocycles. The summed E-state index contributed by atoms with van der Waals surface area (Å²) in [5.74, 6) is 0.662. The van der Waals surface area contributed by atoms with E-state index in [0.29, 0.717) is 18.5 Å². The number of hydrogen-bond donors (Lipinski definition) is 1. The van der Waals surface area contributed by atoms with Crippen LogP contribution in [0.15, 0.2) is 41.0 Å². The molecule has 1 aromatic heterocycles. The highest BCUT2D eigenvalue weighted by Gasteiger charge is 2.29. The topological polar surface area (TPSA) is 49.5 Å². The predicted octanol–water partition coefficient (Wildman–Crippen LogP) is 2.30. The van der Waals surface area contributed by atoms with Crippen LogP contribution in [0.5, 0.6) is 0 Å². The molecular weight excluding hydrogens is 240 g/mol. The smallest absolute Gasteiger partial charge is 0.226 e. The second-order valence-corrected chi connectivity index (χ2v) is 4.94. The first-order chi connectivity index (χ1) is 9.36. The summed E-state index contributed by atoms with van der Waals surface area (Å²) < 4.78 is 5.53. The lowest BCUT2D eigenvalue weighted by atomic mass is 10.2. The highest BCUT2D eigenvalue weighted by molar-refractivity contribution is 5.52. The lowest BCUT2D eigenvalue weighted by Gasteiger charge is -2.18. The number of hydrogen-bond acceptors (Lipinski definition) is 4. The molecule has 1 N–H and O–H groups in total. The van der Waals surface area contributed by atoms with Crippen LogP contribution in [0.25, 0.3) is 11.5 Å². The van der Waals surface area contributed by atoms with Crippen molar-refractivity contribution in [3.05, 3.63) is 42.3 Å². The second-order valence-electron chi connectivity index (χ2n) is 4.94. The number of oxazole rings is 1. The van der Waals surface area contributed by atoms with Crippen LogP contribution in [-0.2, 0) is 6.54 Å². The predicted molar refractivity (Wildman–Crippen MR) is 72.5 cm³/mol. The average Bonchev–Trinajstić information content (AvgIpc) is 3.19. The maximum absolute atomic E-state index is 9.09. The highest BCUT2D eigenvalue weighted by atomic mass is 16.3. The third-order valence-corrected chi connectivity index (χ3v) is 3.39. The van der Waals surface area contributed by atoms with E-state index in [1.807, 2.05) is 30.3 Å². The molecule has 1 aromatic carbocycles. The Morgan fingerprint density at radius 3 is 2.74 bits per heavy atom. The second kappa shape index (κ2) is 5.55. The van der Waals surface area contributed by atoms with Gasteiger partial charge < -0.3 is 9.52 Å². The van der Waals surface area contributed by atoms with Gasteiger partial charge in [0.2, 0.25) is 5.89 Å². The van der Waals surface area contributed by atoms with Crippen molar-refractivity contribution in [1.82, 2.24) is 9.88 Å². The number of aliphatic hydroxyl groups is 1. The zero-order valence-electron chi connectivity index (χ0n) is 10.8. The maximum atomic E-state index is 9.09. The van der Waals surface area contributed by atoms with Crippen molar-refractivity contribution >= 4 is 0 Å². The molecule has 0 spiro atoms. The van der Waals surface area contributed by atoms with Crippen molar-refractivity contribution in [2.24, 2.45) is 0 Å². The first-order valence-electron chi connectivity index (χ1n) is 6.71. The van der Waals surface area contributed by atoms with Crippen molar-refractivity contribution in [3.8, 4) is 11.5 Å². The third kappa shape index (κ3) is 3.03. The molecule has 2 aromatic rings.